The maximum atomic E-state index is 12.4. The fourth-order valence-corrected chi connectivity index (χ4v) is 1.14. The van der Waals surface area contributed by atoms with Crippen LogP contribution in [-0.4, -0.2) is 42.2 Å². The van der Waals surface area contributed by atoms with E-state index in [-0.39, 0.29) is 19.6 Å². The van der Waals surface area contributed by atoms with Crippen LogP contribution in [0.2, 0.25) is 0 Å². The zero-order chi connectivity index (χ0) is 7.61. The van der Waals surface area contributed by atoms with Gasteiger partial charge in [0.05, 0.1) is 13.2 Å². The van der Waals surface area contributed by atoms with Crippen LogP contribution >= 0.6 is 0 Å². The van der Waals surface area contributed by atoms with Crippen LogP contribution in [0.5, 0.6) is 0 Å². The van der Waals surface area contributed by atoms with E-state index in [9.17, 15) is 8.78 Å². The maximum Gasteiger partial charge on any atom is 0.261 e. The minimum atomic E-state index is -2.52. The normalized spacial score (nSPS) is 25.5. The first-order valence-electron chi connectivity index (χ1n) is 3.35. The van der Waals surface area contributed by atoms with Gasteiger partial charge in [-0.2, -0.15) is 0 Å². The van der Waals surface area contributed by atoms with E-state index < -0.39 is 5.92 Å². The standard InChI is InChI=1S/C6H11F2NO/c7-6(8)1-2-9(5-6)3-4-10/h10H,1-5H2. The lowest BCUT2D eigenvalue weighted by Crippen LogP contribution is -2.27. The van der Waals surface area contributed by atoms with Gasteiger partial charge in [-0.15, -0.1) is 0 Å². The molecule has 0 aliphatic carbocycles. The molecule has 1 heterocycles. The molecule has 4 heteroatoms. The van der Waals surface area contributed by atoms with Crippen LogP contribution in [0.25, 0.3) is 0 Å². The van der Waals surface area contributed by atoms with E-state index in [1.54, 1.807) is 4.90 Å². The number of hydrogen-bond acceptors (Lipinski definition) is 2. The molecule has 1 N–H and O–H groups in total. The van der Waals surface area contributed by atoms with Crippen molar-refractivity contribution in [2.45, 2.75) is 12.3 Å². The van der Waals surface area contributed by atoms with Crippen LogP contribution in [0.3, 0.4) is 0 Å². The molecule has 0 radical (unpaired) electrons. The summed E-state index contributed by atoms with van der Waals surface area (Å²) >= 11 is 0. The van der Waals surface area contributed by atoms with E-state index in [0.717, 1.165) is 0 Å². The lowest BCUT2D eigenvalue weighted by molar-refractivity contribution is 0.0110. The second-order valence-electron chi connectivity index (χ2n) is 2.61. The van der Waals surface area contributed by atoms with Crippen LogP contribution in [-0.2, 0) is 0 Å². The van der Waals surface area contributed by atoms with Crippen molar-refractivity contribution < 1.29 is 13.9 Å². The lowest BCUT2D eigenvalue weighted by atomic mass is 10.3. The van der Waals surface area contributed by atoms with Gasteiger partial charge in [0.1, 0.15) is 0 Å². The van der Waals surface area contributed by atoms with E-state index >= 15 is 0 Å². The molecule has 10 heavy (non-hydrogen) atoms. The first kappa shape index (κ1) is 7.88. The number of rotatable bonds is 2. The van der Waals surface area contributed by atoms with Crippen LogP contribution in [0.15, 0.2) is 0 Å². The molecule has 0 saturated carbocycles. The zero-order valence-corrected chi connectivity index (χ0v) is 5.69. The summed E-state index contributed by atoms with van der Waals surface area (Å²) in [5.41, 5.74) is 0. The third-order valence-corrected chi connectivity index (χ3v) is 1.66. The molecule has 1 aliphatic rings. The molecular formula is C6H11F2NO. The lowest BCUT2D eigenvalue weighted by Gasteiger charge is -2.12. The number of aliphatic hydroxyl groups excluding tert-OH is 1. The van der Waals surface area contributed by atoms with Crippen molar-refractivity contribution in [3.63, 3.8) is 0 Å². The minimum Gasteiger partial charge on any atom is -0.395 e. The van der Waals surface area contributed by atoms with Gasteiger partial charge >= 0.3 is 0 Å². The van der Waals surface area contributed by atoms with Crippen molar-refractivity contribution >= 4 is 0 Å². The monoisotopic (exact) mass is 151 g/mol. The average Bonchev–Trinajstić information content (AvgIpc) is 2.12. The maximum absolute atomic E-state index is 12.4. The second-order valence-corrected chi connectivity index (χ2v) is 2.61. The van der Waals surface area contributed by atoms with Gasteiger partial charge in [0.25, 0.3) is 5.92 Å². The highest BCUT2D eigenvalue weighted by Crippen LogP contribution is 2.25. The molecular weight excluding hydrogens is 140 g/mol. The summed E-state index contributed by atoms with van der Waals surface area (Å²) in [6.45, 7) is 0.562. The van der Waals surface area contributed by atoms with Crippen LogP contribution in [0.1, 0.15) is 6.42 Å². The van der Waals surface area contributed by atoms with E-state index in [2.05, 4.69) is 0 Å². The van der Waals surface area contributed by atoms with Crippen LogP contribution in [0, 0.1) is 0 Å². The quantitative estimate of drug-likeness (QED) is 0.614. The predicted molar refractivity (Wildman–Crippen MR) is 33.1 cm³/mol. The fraction of sp³-hybridized carbons (Fsp3) is 1.00. The molecule has 0 aromatic heterocycles. The molecule has 1 aliphatic heterocycles. The molecule has 2 nitrogen and oxygen atoms in total. The first-order valence-corrected chi connectivity index (χ1v) is 3.35. The Morgan fingerprint density at radius 3 is 2.60 bits per heavy atom. The van der Waals surface area contributed by atoms with Crippen LogP contribution in [0.4, 0.5) is 8.78 Å². The molecule has 0 aromatic carbocycles. The number of hydrogen-bond donors (Lipinski definition) is 1. The highest BCUT2D eigenvalue weighted by molar-refractivity contribution is 4.80. The smallest absolute Gasteiger partial charge is 0.261 e. The van der Waals surface area contributed by atoms with Gasteiger partial charge in [-0.3, -0.25) is 4.90 Å². The Morgan fingerprint density at radius 2 is 2.20 bits per heavy atom. The molecule has 0 unspecified atom stereocenters. The molecule has 0 spiro atoms. The Hall–Kier alpha value is -0.220. The third kappa shape index (κ3) is 1.88. The fourth-order valence-electron chi connectivity index (χ4n) is 1.14. The Kier molecular flexibility index (Phi) is 2.21. The number of likely N-dealkylation sites (tertiary alicyclic amines) is 1. The first-order chi connectivity index (χ1) is 4.64. The highest BCUT2D eigenvalue weighted by Gasteiger charge is 2.37. The van der Waals surface area contributed by atoms with Gasteiger partial charge in [-0.05, 0) is 0 Å². The van der Waals surface area contributed by atoms with Gasteiger partial charge in [-0.1, -0.05) is 0 Å². The van der Waals surface area contributed by atoms with Gasteiger partial charge in [0, 0.05) is 19.5 Å². The third-order valence-electron chi connectivity index (χ3n) is 1.66. The van der Waals surface area contributed by atoms with Crippen molar-refractivity contribution in [2.75, 3.05) is 26.2 Å². The predicted octanol–water partition coefficient (Wildman–Crippen LogP) is 0.320. The number of β-amino-alcohol motifs (C(OH)–C–C–N with tert-alkyl or cyclic N) is 1. The van der Waals surface area contributed by atoms with Crippen molar-refractivity contribution in [3.8, 4) is 0 Å². The molecule has 0 amide bonds. The van der Waals surface area contributed by atoms with Gasteiger partial charge in [-0.25, -0.2) is 8.78 Å². The summed E-state index contributed by atoms with van der Waals surface area (Å²) < 4.78 is 24.8. The number of aliphatic hydroxyl groups is 1. The van der Waals surface area contributed by atoms with Crippen molar-refractivity contribution in [2.24, 2.45) is 0 Å². The van der Waals surface area contributed by atoms with Gasteiger partial charge in [0.15, 0.2) is 0 Å². The molecule has 60 valence electrons. The van der Waals surface area contributed by atoms with E-state index in [4.69, 9.17) is 5.11 Å². The molecule has 1 saturated heterocycles. The zero-order valence-electron chi connectivity index (χ0n) is 5.69. The SMILES string of the molecule is OCCN1CCC(F)(F)C1. The average molecular weight is 151 g/mol. The highest BCUT2D eigenvalue weighted by atomic mass is 19.3. The van der Waals surface area contributed by atoms with E-state index in [1.807, 2.05) is 0 Å². The van der Waals surface area contributed by atoms with Crippen molar-refractivity contribution in [1.82, 2.24) is 4.90 Å². The summed E-state index contributed by atoms with van der Waals surface area (Å²) in [4.78, 5) is 1.57. The molecule has 1 fully saturated rings. The number of alkyl halides is 2. The number of halogens is 2. The van der Waals surface area contributed by atoms with Crippen molar-refractivity contribution in [1.29, 1.82) is 0 Å². The van der Waals surface area contributed by atoms with E-state index in [0.29, 0.717) is 13.1 Å². The Labute approximate surface area is 58.4 Å². The largest absolute Gasteiger partial charge is 0.395 e. The minimum absolute atomic E-state index is 0.0317. The van der Waals surface area contributed by atoms with Crippen LogP contribution < -0.4 is 0 Å². The molecule has 0 aromatic rings. The molecule has 1 rings (SSSR count). The molecule has 0 atom stereocenters. The summed E-state index contributed by atoms with van der Waals surface area (Å²) in [7, 11) is 0. The topological polar surface area (TPSA) is 23.5 Å². The Balaban J connectivity index is 2.29. The van der Waals surface area contributed by atoms with Gasteiger partial charge < -0.3 is 5.11 Å². The summed E-state index contributed by atoms with van der Waals surface area (Å²) in [5.74, 6) is -2.52. The van der Waals surface area contributed by atoms with E-state index in [1.165, 1.54) is 0 Å². The summed E-state index contributed by atoms with van der Waals surface area (Å²) in [5, 5.41) is 8.41. The van der Waals surface area contributed by atoms with Crippen molar-refractivity contribution in [3.05, 3.63) is 0 Å². The van der Waals surface area contributed by atoms with Gasteiger partial charge in [0.2, 0.25) is 0 Å². The second kappa shape index (κ2) is 2.80. The summed E-state index contributed by atoms with van der Waals surface area (Å²) in [6.07, 6.45) is -0.0625. The molecule has 0 bridgehead atoms. The Bertz CT molecular complexity index is 118. The summed E-state index contributed by atoms with van der Waals surface area (Å²) in [6, 6.07) is 0. The Morgan fingerprint density at radius 1 is 1.50 bits per heavy atom. The number of nitrogens with zero attached hydrogens (tertiary/aromatic N) is 1.